The van der Waals surface area contributed by atoms with Gasteiger partial charge >= 0.3 is 0 Å². The number of rotatable bonds is 5. The second-order valence-electron chi connectivity index (χ2n) is 10.6. The van der Waals surface area contributed by atoms with E-state index in [9.17, 15) is 9.18 Å². The van der Waals surface area contributed by atoms with Crippen molar-refractivity contribution in [2.75, 3.05) is 27.2 Å². The summed E-state index contributed by atoms with van der Waals surface area (Å²) in [6.07, 6.45) is 3.16. The highest BCUT2D eigenvalue weighted by Crippen LogP contribution is 2.39. The third kappa shape index (κ3) is 7.43. The SMILES string of the molecule is CC(C)O.CC(C)Oc1ccc(C(=O)N2CCC3(CCc4cc(F)ccc4O3)CC2)cc1CN(C)C. The summed E-state index contributed by atoms with van der Waals surface area (Å²) in [5.74, 6) is 1.44. The maximum atomic E-state index is 13.5. The Bertz CT molecular complexity index is 1030. The lowest BCUT2D eigenvalue weighted by Crippen LogP contribution is -2.51. The molecule has 0 aromatic heterocycles. The third-order valence-electron chi connectivity index (χ3n) is 6.32. The number of carbonyl (C=O) groups is 1. The van der Waals surface area contributed by atoms with E-state index in [-0.39, 0.29) is 29.5 Å². The molecule has 1 fully saturated rings. The first kappa shape index (κ1) is 27.9. The third-order valence-corrected chi connectivity index (χ3v) is 6.32. The molecule has 4 rings (SSSR count). The lowest BCUT2D eigenvalue weighted by molar-refractivity contribution is -0.0108. The van der Waals surface area contributed by atoms with E-state index in [0.717, 1.165) is 48.3 Å². The van der Waals surface area contributed by atoms with Crippen LogP contribution >= 0.6 is 0 Å². The van der Waals surface area contributed by atoms with Crippen molar-refractivity contribution >= 4 is 5.91 Å². The first-order valence-electron chi connectivity index (χ1n) is 12.9. The van der Waals surface area contributed by atoms with Gasteiger partial charge in [-0.25, -0.2) is 4.39 Å². The average Bonchev–Trinajstić information content (AvgIpc) is 2.79. The van der Waals surface area contributed by atoms with Gasteiger partial charge in [-0.15, -0.1) is 0 Å². The van der Waals surface area contributed by atoms with Crippen LogP contribution in [0.3, 0.4) is 0 Å². The minimum Gasteiger partial charge on any atom is -0.491 e. The maximum absolute atomic E-state index is 13.5. The lowest BCUT2D eigenvalue weighted by atomic mass is 9.83. The smallest absolute Gasteiger partial charge is 0.253 e. The molecule has 0 radical (unpaired) electrons. The van der Waals surface area contributed by atoms with E-state index in [0.29, 0.717) is 25.2 Å². The molecule has 0 saturated carbocycles. The molecule has 2 aromatic rings. The van der Waals surface area contributed by atoms with Gasteiger partial charge in [-0.1, -0.05) is 0 Å². The molecule has 1 amide bonds. The molecule has 7 heteroatoms. The molecule has 0 bridgehead atoms. The van der Waals surface area contributed by atoms with Gasteiger partial charge in [0.25, 0.3) is 5.91 Å². The van der Waals surface area contributed by atoms with Gasteiger partial charge < -0.3 is 24.4 Å². The van der Waals surface area contributed by atoms with E-state index in [1.807, 2.05) is 51.0 Å². The van der Waals surface area contributed by atoms with Crippen LogP contribution in [0.15, 0.2) is 36.4 Å². The van der Waals surface area contributed by atoms with Crippen molar-refractivity contribution in [3.05, 3.63) is 58.9 Å². The van der Waals surface area contributed by atoms with E-state index < -0.39 is 0 Å². The summed E-state index contributed by atoms with van der Waals surface area (Å²) in [6, 6.07) is 10.5. The number of nitrogens with zero attached hydrogens (tertiary/aromatic N) is 2. The molecule has 36 heavy (non-hydrogen) atoms. The van der Waals surface area contributed by atoms with E-state index in [2.05, 4.69) is 4.90 Å². The van der Waals surface area contributed by atoms with Gasteiger partial charge in [0, 0.05) is 49.7 Å². The highest BCUT2D eigenvalue weighted by atomic mass is 19.1. The van der Waals surface area contributed by atoms with Crippen LogP contribution in [0.4, 0.5) is 4.39 Å². The number of aliphatic hydroxyl groups excluding tert-OH is 1. The van der Waals surface area contributed by atoms with Gasteiger partial charge in [-0.05, 0) is 96.6 Å². The molecule has 6 nitrogen and oxygen atoms in total. The highest BCUT2D eigenvalue weighted by Gasteiger charge is 2.40. The molecule has 1 N–H and O–H groups in total. The fraction of sp³-hybridized carbons (Fsp3) is 0.552. The van der Waals surface area contributed by atoms with Crippen molar-refractivity contribution in [2.24, 2.45) is 0 Å². The Kier molecular flexibility index (Phi) is 9.36. The minimum atomic E-state index is -0.257. The van der Waals surface area contributed by atoms with Crippen LogP contribution in [0.2, 0.25) is 0 Å². The quantitative estimate of drug-likeness (QED) is 0.622. The Morgan fingerprint density at radius 3 is 2.39 bits per heavy atom. The summed E-state index contributed by atoms with van der Waals surface area (Å²) < 4.78 is 25.8. The zero-order valence-electron chi connectivity index (χ0n) is 22.5. The van der Waals surface area contributed by atoms with Crippen molar-refractivity contribution in [3.63, 3.8) is 0 Å². The minimum absolute atomic E-state index is 0.0502. The summed E-state index contributed by atoms with van der Waals surface area (Å²) in [6.45, 7) is 9.47. The monoisotopic (exact) mass is 500 g/mol. The number of hydrogen-bond acceptors (Lipinski definition) is 5. The molecule has 2 aliphatic rings. The van der Waals surface area contributed by atoms with Gasteiger partial charge in [-0.3, -0.25) is 4.79 Å². The average molecular weight is 501 g/mol. The summed E-state index contributed by atoms with van der Waals surface area (Å²) in [4.78, 5) is 17.3. The molecule has 0 unspecified atom stereocenters. The van der Waals surface area contributed by atoms with E-state index >= 15 is 0 Å². The standard InChI is InChI=1S/C26H33FN2O3.C3H8O/c1-18(2)31-23-7-5-20(15-21(23)17-28(3)4)25(30)29-13-11-26(12-14-29)10-9-19-16-22(27)6-8-24(19)32-26;1-3(2)4/h5-8,15-16,18H,9-14,17H2,1-4H3;3-4H,1-2H3. The van der Waals surface area contributed by atoms with Crippen LogP contribution in [0.5, 0.6) is 11.5 Å². The van der Waals surface area contributed by atoms with Gasteiger partial charge in [0.05, 0.1) is 6.10 Å². The van der Waals surface area contributed by atoms with Crippen molar-refractivity contribution in [1.82, 2.24) is 9.80 Å². The number of ether oxygens (including phenoxy) is 2. The summed E-state index contributed by atoms with van der Waals surface area (Å²) in [5.41, 5.74) is 2.39. The topological polar surface area (TPSA) is 62.2 Å². The molecule has 2 heterocycles. The molecule has 0 aliphatic carbocycles. The Labute approximate surface area is 215 Å². The first-order valence-corrected chi connectivity index (χ1v) is 12.9. The molecule has 1 spiro atoms. The van der Waals surface area contributed by atoms with Crippen LogP contribution in [0, 0.1) is 5.82 Å². The van der Waals surface area contributed by atoms with Gasteiger partial charge in [0.2, 0.25) is 0 Å². The molecule has 0 atom stereocenters. The van der Waals surface area contributed by atoms with Crippen LogP contribution in [0.25, 0.3) is 0 Å². The van der Waals surface area contributed by atoms with Crippen molar-refractivity contribution in [2.45, 2.75) is 77.7 Å². The van der Waals surface area contributed by atoms with Crippen LogP contribution in [0.1, 0.15) is 68.4 Å². The maximum Gasteiger partial charge on any atom is 0.253 e. The number of amides is 1. The van der Waals surface area contributed by atoms with E-state index in [1.165, 1.54) is 6.07 Å². The molecule has 1 saturated heterocycles. The first-order chi connectivity index (χ1) is 17.0. The Balaban J connectivity index is 0.000000840. The lowest BCUT2D eigenvalue weighted by Gasteiger charge is -2.44. The molecule has 2 aliphatic heterocycles. The van der Waals surface area contributed by atoms with Crippen molar-refractivity contribution in [1.29, 1.82) is 0 Å². The number of fused-ring (bicyclic) bond motifs is 1. The van der Waals surface area contributed by atoms with E-state index in [1.54, 1.807) is 26.0 Å². The molecule has 2 aromatic carbocycles. The second kappa shape index (κ2) is 12.1. The predicted octanol–water partition coefficient (Wildman–Crippen LogP) is 5.06. The normalized spacial score (nSPS) is 16.5. The highest BCUT2D eigenvalue weighted by molar-refractivity contribution is 5.94. The Morgan fingerprint density at radius 2 is 1.78 bits per heavy atom. The van der Waals surface area contributed by atoms with Crippen LogP contribution in [-0.2, 0) is 13.0 Å². The zero-order valence-corrected chi connectivity index (χ0v) is 22.5. The van der Waals surface area contributed by atoms with Gasteiger partial charge in [0.15, 0.2) is 0 Å². The van der Waals surface area contributed by atoms with Crippen LogP contribution < -0.4 is 9.47 Å². The van der Waals surface area contributed by atoms with Gasteiger partial charge in [-0.2, -0.15) is 0 Å². The fourth-order valence-electron chi connectivity index (χ4n) is 4.69. The Morgan fingerprint density at radius 1 is 1.11 bits per heavy atom. The molecule has 198 valence electrons. The second-order valence-corrected chi connectivity index (χ2v) is 10.6. The number of benzene rings is 2. The molecular formula is C29H41FN2O4. The largest absolute Gasteiger partial charge is 0.491 e. The summed E-state index contributed by atoms with van der Waals surface area (Å²) >= 11 is 0. The van der Waals surface area contributed by atoms with Crippen LogP contribution in [-0.4, -0.2) is 65.8 Å². The summed E-state index contributed by atoms with van der Waals surface area (Å²) in [7, 11) is 4.02. The predicted molar refractivity (Wildman–Crippen MR) is 140 cm³/mol. The van der Waals surface area contributed by atoms with Gasteiger partial charge in [0.1, 0.15) is 22.9 Å². The van der Waals surface area contributed by atoms with E-state index in [4.69, 9.17) is 14.6 Å². The summed E-state index contributed by atoms with van der Waals surface area (Å²) in [5, 5.41) is 8.06. The zero-order chi connectivity index (χ0) is 26.5. The number of carbonyl (C=O) groups excluding carboxylic acids is 1. The van der Waals surface area contributed by atoms with Crippen molar-refractivity contribution in [3.8, 4) is 11.5 Å². The van der Waals surface area contributed by atoms with Crippen molar-refractivity contribution < 1.29 is 23.8 Å². The Hall–Kier alpha value is -2.64. The fourth-order valence-corrected chi connectivity index (χ4v) is 4.69. The number of aryl methyl sites for hydroxylation is 1. The number of piperidine rings is 1. The number of aliphatic hydroxyl groups is 1. The number of hydrogen-bond donors (Lipinski definition) is 1. The number of halogens is 1. The number of likely N-dealkylation sites (tertiary alicyclic amines) is 1. The molecular weight excluding hydrogens is 459 g/mol.